The summed E-state index contributed by atoms with van der Waals surface area (Å²) in [5.41, 5.74) is 0.252. The third-order valence-corrected chi connectivity index (χ3v) is 7.16. The lowest BCUT2D eigenvalue weighted by Crippen LogP contribution is -2.40. The second kappa shape index (κ2) is 11.2. The average molecular weight is 507 g/mol. The molecule has 2 N–H and O–H groups in total. The summed E-state index contributed by atoms with van der Waals surface area (Å²) >= 11 is 6.21. The van der Waals surface area contributed by atoms with E-state index in [4.69, 9.17) is 25.8 Å². The molecule has 0 spiro atoms. The topological polar surface area (TPSA) is 130 Å². The van der Waals surface area contributed by atoms with Crippen LogP contribution in [0.4, 0.5) is 11.4 Å². The minimum atomic E-state index is -3.75. The van der Waals surface area contributed by atoms with E-state index >= 15 is 0 Å². The van der Waals surface area contributed by atoms with E-state index in [1.807, 2.05) is 0 Å². The third kappa shape index (κ3) is 5.78. The van der Waals surface area contributed by atoms with E-state index in [0.29, 0.717) is 30.4 Å². The number of ether oxygens (including phenoxy) is 3. The number of rotatable bonds is 8. The minimum Gasteiger partial charge on any atom is -0.497 e. The lowest BCUT2D eigenvalue weighted by Gasteiger charge is -2.26. The number of methoxy groups -OCH3 is 2. The van der Waals surface area contributed by atoms with Crippen molar-refractivity contribution in [2.75, 3.05) is 51.2 Å². The van der Waals surface area contributed by atoms with Crippen LogP contribution in [0.2, 0.25) is 5.02 Å². The number of nitrogens with one attached hydrogen (secondary N) is 2. The molecule has 0 atom stereocenters. The zero-order valence-corrected chi connectivity index (χ0v) is 20.1. The number of sulfonamides is 1. The Kier molecular flexibility index (Phi) is 8.36. The highest BCUT2D eigenvalue weighted by atomic mass is 35.5. The number of halogens is 1. The summed E-state index contributed by atoms with van der Waals surface area (Å²) in [6.07, 6.45) is 1.15. The Morgan fingerprint density at radius 2 is 1.88 bits per heavy atom. The molecule has 3 rings (SSSR count). The van der Waals surface area contributed by atoms with Gasteiger partial charge >= 0.3 is 0 Å². The van der Waals surface area contributed by atoms with E-state index in [2.05, 4.69) is 10.6 Å². The average Bonchev–Trinajstić information content (AvgIpc) is 2.85. The first-order valence-corrected chi connectivity index (χ1v) is 11.9. The molecule has 0 saturated carbocycles. The summed E-state index contributed by atoms with van der Waals surface area (Å²) in [7, 11) is -0.827. The largest absolute Gasteiger partial charge is 0.497 e. The quantitative estimate of drug-likeness (QED) is 0.413. The van der Waals surface area contributed by atoms with Gasteiger partial charge in [0.2, 0.25) is 10.0 Å². The molecule has 0 bridgehead atoms. The Morgan fingerprint density at radius 3 is 2.53 bits per heavy atom. The van der Waals surface area contributed by atoms with E-state index in [1.54, 1.807) is 24.3 Å². The Bertz CT molecular complexity index is 1240. The molecular weight excluding hydrogens is 484 g/mol. The van der Waals surface area contributed by atoms with Crippen LogP contribution in [0.5, 0.6) is 11.5 Å². The maximum absolute atomic E-state index is 12.9. The zero-order valence-electron chi connectivity index (χ0n) is 18.5. The van der Waals surface area contributed by atoms with Crippen LogP contribution in [0.3, 0.4) is 0 Å². The van der Waals surface area contributed by atoms with Gasteiger partial charge in [-0.25, -0.2) is 8.42 Å². The fraction of sp³-hybridized carbons (Fsp3) is 0.273. The highest BCUT2D eigenvalue weighted by Gasteiger charge is 2.27. The van der Waals surface area contributed by atoms with Crippen LogP contribution >= 0.6 is 11.6 Å². The van der Waals surface area contributed by atoms with Gasteiger partial charge in [-0.3, -0.25) is 4.79 Å². The highest BCUT2D eigenvalue weighted by molar-refractivity contribution is 7.89. The lowest BCUT2D eigenvalue weighted by molar-refractivity contribution is -0.112. The number of carbonyl (C=O) groups excluding carboxylic acids is 1. The molecule has 1 heterocycles. The Hall–Kier alpha value is -3.30. The summed E-state index contributed by atoms with van der Waals surface area (Å²) in [6, 6.07) is 10.8. The van der Waals surface area contributed by atoms with Crippen molar-refractivity contribution in [3.63, 3.8) is 0 Å². The predicted molar refractivity (Wildman–Crippen MR) is 127 cm³/mol. The van der Waals surface area contributed by atoms with Crippen molar-refractivity contribution in [3.05, 3.63) is 53.2 Å². The van der Waals surface area contributed by atoms with Gasteiger partial charge in [0.25, 0.3) is 5.91 Å². The van der Waals surface area contributed by atoms with E-state index < -0.39 is 15.9 Å². The van der Waals surface area contributed by atoms with E-state index in [1.165, 1.54) is 36.7 Å². The molecule has 0 unspecified atom stereocenters. The van der Waals surface area contributed by atoms with Crippen LogP contribution in [-0.2, 0) is 19.6 Å². The first-order chi connectivity index (χ1) is 16.3. The van der Waals surface area contributed by atoms with Crippen LogP contribution in [0, 0.1) is 11.3 Å². The number of anilines is 2. The molecule has 1 fully saturated rings. The zero-order chi connectivity index (χ0) is 24.7. The fourth-order valence-corrected chi connectivity index (χ4v) is 4.72. The SMILES string of the molecule is COc1ccc(OC)c(NC(=O)/C(C#N)=C\Nc2cc(S(=O)(=O)N3CCOCC3)ccc2Cl)c1. The molecule has 1 amide bonds. The molecule has 12 heteroatoms. The standard InChI is InChI=1S/C22H23ClN4O6S/c1-31-16-3-6-21(32-2)20(11-16)26-22(28)15(13-24)14-25-19-12-17(4-5-18(19)23)34(29,30)27-7-9-33-10-8-27/h3-6,11-12,14,25H,7-10H2,1-2H3,(H,26,28)/b15-14-. The molecule has 1 aliphatic heterocycles. The molecular formula is C22H23ClN4O6S. The number of carbonyl (C=O) groups is 1. The van der Waals surface area contributed by atoms with Gasteiger partial charge in [-0.2, -0.15) is 9.57 Å². The van der Waals surface area contributed by atoms with Crippen molar-refractivity contribution < 1.29 is 27.4 Å². The molecule has 1 aliphatic rings. The maximum atomic E-state index is 12.9. The van der Waals surface area contributed by atoms with Gasteiger partial charge in [0.05, 0.1) is 48.7 Å². The summed E-state index contributed by atoms with van der Waals surface area (Å²) in [6.45, 7) is 1.14. The Labute approximate surface area is 202 Å². The normalized spacial score (nSPS) is 14.7. The van der Waals surface area contributed by atoms with Crippen molar-refractivity contribution in [2.24, 2.45) is 0 Å². The number of nitriles is 1. The molecule has 0 aromatic heterocycles. The van der Waals surface area contributed by atoms with Gasteiger partial charge in [0.1, 0.15) is 23.1 Å². The molecule has 180 valence electrons. The minimum absolute atomic E-state index is 0.0266. The van der Waals surface area contributed by atoms with Gasteiger partial charge in [0.15, 0.2) is 0 Å². The van der Waals surface area contributed by atoms with Gasteiger partial charge < -0.3 is 24.8 Å². The van der Waals surface area contributed by atoms with E-state index in [0.717, 1.165) is 6.20 Å². The third-order valence-electron chi connectivity index (χ3n) is 4.94. The number of morpholine rings is 1. The molecule has 0 radical (unpaired) electrons. The first kappa shape index (κ1) is 25.3. The van der Waals surface area contributed by atoms with Gasteiger partial charge in [-0.05, 0) is 30.3 Å². The first-order valence-electron chi connectivity index (χ1n) is 10.1. The van der Waals surface area contributed by atoms with Crippen LogP contribution in [0.15, 0.2) is 53.1 Å². The van der Waals surface area contributed by atoms with Crippen LogP contribution in [0.1, 0.15) is 0 Å². The highest BCUT2D eigenvalue weighted by Crippen LogP contribution is 2.30. The van der Waals surface area contributed by atoms with Gasteiger partial charge in [-0.1, -0.05) is 11.6 Å². The number of hydrogen-bond acceptors (Lipinski definition) is 8. The number of benzene rings is 2. The van der Waals surface area contributed by atoms with Crippen LogP contribution < -0.4 is 20.1 Å². The summed E-state index contributed by atoms with van der Waals surface area (Å²) in [5, 5.41) is 15.0. The monoisotopic (exact) mass is 506 g/mol. The predicted octanol–water partition coefficient (Wildman–Crippen LogP) is 2.84. The van der Waals surface area contributed by atoms with Crippen molar-refractivity contribution in [2.45, 2.75) is 4.90 Å². The smallest absolute Gasteiger partial charge is 0.267 e. The number of nitrogens with zero attached hydrogens (tertiary/aromatic N) is 2. The molecule has 2 aromatic rings. The maximum Gasteiger partial charge on any atom is 0.267 e. The molecule has 10 nitrogen and oxygen atoms in total. The lowest BCUT2D eigenvalue weighted by atomic mass is 10.2. The molecule has 1 saturated heterocycles. The summed E-state index contributed by atoms with van der Waals surface area (Å²) in [5.74, 6) is 0.153. The van der Waals surface area contributed by atoms with Crippen LogP contribution in [-0.4, -0.2) is 59.2 Å². The van der Waals surface area contributed by atoms with Crippen LogP contribution in [0.25, 0.3) is 0 Å². The van der Waals surface area contributed by atoms with E-state index in [9.17, 15) is 18.5 Å². The van der Waals surface area contributed by atoms with Gasteiger partial charge in [0, 0.05) is 25.4 Å². The molecule has 34 heavy (non-hydrogen) atoms. The van der Waals surface area contributed by atoms with Crippen molar-refractivity contribution in [1.82, 2.24) is 4.31 Å². The molecule has 0 aliphatic carbocycles. The fourth-order valence-electron chi connectivity index (χ4n) is 3.11. The Morgan fingerprint density at radius 1 is 1.15 bits per heavy atom. The Balaban J connectivity index is 1.81. The van der Waals surface area contributed by atoms with Crippen molar-refractivity contribution >= 4 is 38.9 Å². The number of hydrogen-bond donors (Lipinski definition) is 2. The second-order valence-electron chi connectivity index (χ2n) is 6.99. The number of amides is 1. The molecule has 2 aromatic carbocycles. The van der Waals surface area contributed by atoms with Crippen molar-refractivity contribution in [1.29, 1.82) is 5.26 Å². The summed E-state index contributed by atoms with van der Waals surface area (Å²) < 4.78 is 42.7. The van der Waals surface area contributed by atoms with E-state index in [-0.39, 0.29) is 34.3 Å². The van der Waals surface area contributed by atoms with Crippen molar-refractivity contribution in [3.8, 4) is 17.6 Å². The van der Waals surface area contributed by atoms with Gasteiger partial charge in [-0.15, -0.1) is 0 Å². The second-order valence-corrected chi connectivity index (χ2v) is 9.34. The summed E-state index contributed by atoms with van der Waals surface area (Å²) in [4.78, 5) is 12.7.